The molecule has 0 radical (unpaired) electrons. The predicted octanol–water partition coefficient (Wildman–Crippen LogP) is -4.24. The van der Waals surface area contributed by atoms with E-state index < -0.39 is 59.8 Å². The summed E-state index contributed by atoms with van der Waals surface area (Å²) in [7, 11) is 0. The molecule has 42 heteroatoms. The molecule has 4 fully saturated rings. The lowest BCUT2D eigenvalue weighted by Gasteiger charge is -2.38. The van der Waals surface area contributed by atoms with E-state index in [0.29, 0.717) is 202 Å². The molecule has 0 amide bonds. The fourth-order valence-electron chi connectivity index (χ4n) is 12.5. The van der Waals surface area contributed by atoms with Crippen molar-refractivity contribution >= 4 is 80.9 Å². The van der Waals surface area contributed by atoms with E-state index in [1.165, 1.54) is 0 Å². The molecule has 5 atom stereocenters. The zero-order valence-electron chi connectivity index (χ0n) is 69.5. The Kier molecular flexibility index (Phi) is 57.7. The minimum atomic E-state index is -0.968. The fourth-order valence-corrected chi connectivity index (χ4v) is 12.5. The number of nitrogens with zero attached hydrogens (tertiary/aromatic N) is 16. The van der Waals surface area contributed by atoms with Gasteiger partial charge in [-0.2, -0.15) is 0 Å². The molecule has 0 bridgehead atoms. The summed E-state index contributed by atoms with van der Waals surface area (Å²) in [4.78, 5) is 175. The van der Waals surface area contributed by atoms with Crippen LogP contribution in [0.15, 0.2) is 0 Å². The van der Waals surface area contributed by atoms with Gasteiger partial charge < -0.3 is 73.6 Å². The van der Waals surface area contributed by atoms with Gasteiger partial charge in [-0.05, 0) is 47.7 Å². The first-order valence-electron chi connectivity index (χ1n) is 39.2. The van der Waals surface area contributed by atoms with Crippen molar-refractivity contribution in [3.63, 3.8) is 0 Å². The number of ether oxygens (including phenoxy) is 7. The Hall–Kier alpha value is -7.37. The molecular weight excluding hydrogens is 1520 g/mol. The van der Waals surface area contributed by atoms with Crippen molar-refractivity contribution in [2.24, 2.45) is 5.41 Å². The van der Waals surface area contributed by atoms with Crippen LogP contribution in [0.3, 0.4) is 0 Å². The SMILES string of the molecule is CC(C)(C)C(=O)CN1CCN(COC=O)CCN(CC(=O)O)CCN(CC(=O)O)CC1.CC(OC=O)N1CCN(C(C)OC=O)CCN(C(C)C(=O)O)CCN(C(C)C(=O)O)CC1.CCN1CCN(COC=O)CCN(COC=O)CCN(CC(=O)O)CC1.CCN1CCN(COC=O)CCN(COC=O)CCN(CC(C)O)CC1. The number of ketones is 1. The minimum absolute atomic E-state index is 0.0147. The number of likely N-dealkylation sites (N-methyl/N-ethyl adjacent to an activating group) is 2. The van der Waals surface area contributed by atoms with Crippen molar-refractivity contribution < 1.29 is 126 Å². The highest BCUT2D eigenvalue weighted by Gasteiger charge is 2.31. The van der Waals surface area contributed by atoms with Crippen LogP contribution in [-0.4, -0.2) is 510 Å². The smallest absolute Gasteiger partial charge is 0.320 e. The molecule has 5 unspecified atom stereocenters. The Morgan fingerprint density at radius 3 is 0.704 bits per heavy atom. The molecule has 115 heavy (non-hydrogen) atoms. The van der Waals surface area contributed by atoms with Gasteiger partial charge >= 0.3 is 29.8 Å². The number of rotatable bonds is 37. The minimum Gasteiger partial charge on any atom is -0.480 e. The van der Waals surface area contributed by atoms with Crippen molar-refractivity contribution in [2.45, 2.75) is 99.9 Å². The predicted molar refractivity (Wildman–Crippen MR) is 417 cm³/mol. The van der Waals surface area contributed by atoms with Gasteiger partial charge in [-0.1, -0.05) is 34.6 Å². The Balaban J connectivity index is 0.000000770. The highest BCUT2D eigenvalue weighted by atomic mass is 16.6. The summed E-state index contributed by atoms with van der Waals surface area (Å²) in [5, 5.41) is 56.3. The highest BCUT2D eigenvalue weighted by molar-refractivity contribution is 5.85. The number of carbonyl (C=O) groups excluding carboxylic acids is 8. The lowest BCUT2D eigenvalue weighted by atomic mass is 9.90. The molecule has 0 spiro atoms. The largest absolute Gasteiger partial charge is 0.480 e. The summed E-state index contributed by atoms with van der Waals surface area (Å²) in [5.74, 6) is -4.61. The van der Waals surface area contributed by atoms with Gasteiger partial charge in [-0.3, -0.25) is 131 Å². The second-order valence-electron chi connectivity index (χ2n) is 29.4. The van der Waals surface area contributed by atoms with Crippen molar-refractivity contribution in [1.82, 2.24) is 78.4 Å². The third-order valence-corrected chi connectivity index (χ3v) is 20.2. The molecule has 0 aliphatic carbocycles. The van der Waals surface area contributed by atoms with Crippen LogP contribution in [0.4, 0.5) is 0 Å². The molecule has 42 nitrogen and oxygen atoms in total. The highest BCUT2D eigenvalue weighted by Crippen LogP contribution is 2.17. The van der Waals surface area contributed by atoms with Gasteiger partial charge in [0.25, 0.3) is 45.3 Å². The van der Waals surface area contributed by atoms with E-state index in [4.69, 9.17) is 38.3 Å². The summed E-state index contributed by atoms with van der Waals surface area (Å²) < 4.78 is 34.7. The van der Waals surface area contributed by atoms with Crippen molar-refractivity contribution in [3.8, 4) is 0 Å². The monoisotopic (exact) mass is 1650 g/mol. The number of carbonyl (C=O) groups is 13. The van der Waals surface area contributed by atoms with E-state index in [-0.39, 0.29) is 71.7 Å². The molecule has 0 aromatic carbocycles. The molecule has 4 saturated heterocycles. The topological polar surface area (TPSA) is 460 Å². The van der Waals surface area contributed by atoms with Gasteiger partial charge in [0, 0.05) is 221 Å². The van der Waals surface area contributed by atoms with Crippen LogP contribution >= 0.6 is 0 Å². The van der Waals surface area contributed by atoms with E-state index >= 15 is 0 Å². The van der Waals surface area contributed by atoms with Crippen molar-refractivity contribution in [1.29, 1.82) is 0 Å². The number of aliphatic hydroxyl groups is 1. The average Bonchev–Trinajstić information content (AvgIpc) is 0.788. The number of carboxylic acid groups (broad SMARTS) is 5. The van der Waals surface area contributed by atoms with Crippen LogP contribution in [0.2, 0.25) is 0 Å². The molecule has 0 aromatic rings. The third kappa shape index (κ3) is 50.1. The zero-order chi connectivity index (χ0) is 86.1. The molecule has 6 N–H and O–H groups in total. The number of carboxylic acids is 5. The van der Waals surface area contributed by atoms with E-state index in [2.05, 4.69) is 38.3 Å². The maximum Gasteiger partial charge on any atom is 0.320 e. The summed E-state index contributed by atoms with van der Waals surface area (Å²) in [6, 6.07) is -1.52. The number of Topliss-reactive ketones (excluding diaryl/α,β-unsaturated/α-hetero) is 1. The van der Waals surface area contributed by atoms with Crippen LogP contribution in [-0.2, 0) is 95.5 Å². The molecule has 664 valence electrons. The van der Waals surface area contributed by atoms with Gasteiger partial charge in [0.1, 0.15) is 45.7 Å². The van der Waals surface area contributed by atoms with E-state index in [0.717, 1.165) is 72.0 Å². The Morgan fingerprint density at radius 1 is 0.304 bits per heavy atom. The quantitative estimate of drug-likeness (QED) is 0.0253. The first-order chi connectivity index (χ1) is 54.8. The molecule has 4 rings (SSSR count). The number of aliphatic hydroxyl groups excluding tert-OH is 1. The lowest BCUT2D eigenvalue weighted by molar-refractivity contribution is -0.148. The second kappa shape index (κ2) is 62.8. The normalized spacial score (nSPS) is 20.7. The zero-order valence-corrected chi connectivity index (χ0v) is 69.5. The number of β-amino-alcohol motifs (C(OH)–C–C–N with tert-alkyl or cyclic N) is 1. The van der Waals surface area contributed by atoms with Crippen LogP contribution < -0.4 is 0 Å². The number of hydrogen-bond donors (Lipinski definition) is 6. The maximum absolute atomic E-state index is 12.6. The number of hydrogen-bond acceptors (Lipinski definition) is 37. The second-order valence-corrected chi connectivity index (χ2v) is 29.4. The van der Waals surface area contributed by atoms with Crippen LogP contribution in [0.25, 0.3) is 0 Å². The molecule has 0 saturated carbocycles. The van der Waals surface area contributed by atoms with E-state index in [1.54, 1.807) is 54.2 Å². The first kappa shape index (κ1) is 106. The summed E-state index contributed by atoms with van der Waals surface area (Å²) in [6.07, 6.45) is -1.43. The summed E-state index contributed by atoms with van der Waals surface area (Å²) >= 11 is 0. The Labute approximate surface area is 677 Å². The number of aliphatic carboxylic acids is 5. The molecule has 0 aromatic heterocycles. The summed E-state index contributed by atoms with van der Waals surface area (Å²) in [6.45, 7) is 43.1. The first-order valence-corrected chi connectivity index (χ1v) is 39.2. The summed E-state index contributed by atoms with van der Waals surface area (Å²) in [5.41, 5.74) is -0.484. The van der Waals surface area contributed by atoms with Crippen LogP contribution in [0.5, 0.6) is 0 Å². The maximum atomic E-state index is 12.6. The van der Waals surface area contributed by atoms with Gasteiger partial charge in [-0.25, -0.2) is 0 Å². The molecular formula is C73H136N16O26. The Morgan fingerprint density at radius 2 is 0.513 bits per heavy atom. The van der Waals surface area contributed by atoms with Gasteiger partial charge in [0.05, 0.1) is 32.3 Å². The van der Waals surface area contributed by atoms with Gasteiger partial charge in [0.15, 0.2) is 18.2 Å². The third-order valence-electron chi connectivity index (χ3n) is 20.2. The fraction of sp³-hybridized carbons (Fsp3) is 0.822. The van der Waals surface area contributed by atoms with Crippen molar-refractivity contribution in [2.75, 3.05) is 289 Å². The standard InChI is InChI=1S/C20H36N4O8.C20H36N4O7.C17H34N4O5.C16H30N4O6/c1-15(19(27)28)21-5-6-22(16(2)20(29)30)8-10-24(18(4)32-14-26)12-11-23(9-7-21)17(3)31-13-25;1-20(2,3)17(26)12-21-4-5-22(13-18(27)28)6-7-23(14-19(29)30)9-11-24(10-8-21)15-31-16-25;1-3-18-4-6-19(12-17(2)24)7-9-21(14-26-16-23)11-10-20(8-5-18)13-25-15-22;1-2-17-3-5-18(11-16(23)24)6-8-20(13-26-15-22)10-9-19(7-4-17)12-25-14-21/h13-18H,5-12H2,1-4H3,(H,27,28)(H,29,30);16H,4-15H2,1-3H3,(H,27,28)(H,29,30);15-17,24H,3-14H2,1-2H3;14-15H,2-13H2,1H3,(H,23,24). The van der Waals surface area contributed by atoms with Crippen LogP contribution in [0.1, 0.15) is 69.2 Å². The van der Waals surface area contributed by atoms with Crippen LogP contribution in [0, 0.1) is 5.41 Å². The molecule has 4 aliphatic heterocycles. The molecule has 4 heterocycles. The van der Waals surface area contributed by atoms with Gasteiger partial charge in [0.2, 0.25) is 0 Å². The van der Waals surface area contributed by atoms with Crippen molar-refractivity contribution in [3.05, 3.63) is 0 Å². The van der Waals surface area contributed by atoms with Gasteiger partial charge in [-0.15, -0.1) is 0 Å². The average molecular weight is 1650 g/mol. The van der Waals surface area contributed by atoms with E-state index in [9.17, 15) is 87.9 Å². The Bertz CT molecular complexity index is 2690. The lowest BCUT2D eigenvalue weighted by Crippen LogP contribution is -2.54. The molecule has 4 aliphatic rings. The van der Waals surface area contributed by atoms with E-state index in [1.807, 2.05) is 55.1 Å².